The molecule has 5 heteroatoms. The smallest absolute Gasteiger partial charge is 0.263 e. The molecule has 0 heterocycles. The van der Waals surface area contributed by atoms with E-state index < -0.39 is 0 Å². The normalized spacial score (nSPS) is 30.4. The van der Waals surface area contributed by atoms with Gasteiger partial charge in [-0.05, 0) is 92.7 Å². The first-order valence-electron chi connectivity index (χ1n) is 11.3. The predicted molar refractivity (Wildman–Crippen MR) is 117 cm³/mol. The molecule has 1 unspecified atom stereocenters. The Labute approximate surface area is 179 Å². The fourth-order valence-corrected chi connectivity index (χ4v) is 6.45. The molecule has 4 aliphatic rings. The van der Waals surface area contributed by atoms with Crippen molar-refractivity contribution < 1.29 is 9.53 Å². The number of ether oxygens (including phenoxy) is 1. The number of hydrogen-bond acceptors (Lipinski definition) is 4. The van der Waals surface area contributed by atoms with E-state index >= 15 is 0 Å². The molecule has 1 amide bonds. The molecule has 1 atom stereocenters. The minimum atomic E-state index is -0.309. The van der Waals surface area contributed by atoms with Crippen molar-refractivity contribution in [2.75, 3.05) is 13.7 Å². The number of nitriles is 1. The first-order chi connectivity index (χ1) is 14.5. The summed E-state index contributed by atoms with van der Waals surface area (Å²) in [5.41, 5.74) is 1.62. The maximum atomic E-state index is 12.5. The third kappa shape index (κ3) is 4.33. The average Bonchev–Trinajstić information content (AvgIpc) is 2.73. The lowest BCUT2D eigenvalue weighted by atomic mass is 9.48. The second kappa shape index (κ2) is 8.71. The van der Waals surface area contributed by atoms with Crippen molar-refractivity contribution >= 4 is 5.91 Å². The lowest BCUT2D eigenvalue weighted by Gasteiger charge is -2.59. The number of hydrogen-bond donors (Lipinski definition) is 2. The summed E-state index contributed by atoms with van der Waals surface area (Å²) in [7, 11) is 1.64. The first-order valence-corrected chi connectivity index (χ1v) is 11.3. The molecule has 2 N–H and O–H groups in total. The molecule has 1 aromatic carbocycles. The van der Waals surface area contributed by atoms with E-state index in [0.717, 1.165) is 29.1 Å². The molecular formula is C25H33N3O2. The lowest BCUT2D eigenvalue weighted by Crippen LogP contribution is -2.54. The number of methoxy groups -OCH3 is 1. The fraction of sp³-hybridized carbons (Fsp3) is 0.600. The summed E-state index contributed by atoms with van der Waals surface area (Å²) in [6, 6.07) is 10.2. The summed E-state index contributed by atoms with van der Waals surface area (Å²) in [5.74, 6) is 3.18. The van der Waals surface area contributed by atoms with E-state index in [4.69, 9.17) is 4.74 Å². The van der Waals surface area contributed by atoms with Gasteiger partial charge in [0.25, 0.3) is 5.91 Å². The number of nitrogens with zero attached hydrogens (tertiary/aromatic N) is 1. The second-order valence-corrected chi connectivity index (χ2v) is 9.69. The third-order valence-electron chi connectivity index (χ3n) is 7.71. The molecule has 5 rings (SSSR count). The van der Waals surface area contributed by atoms with E-state index in [1.165, 1.54) is 38.5 Å². The van der Waals surface area contributed by atoms with Gasteiger partial charge in [0.05, 0.1) is 7.11 Å². The van der Waals surface area contributed by atoms with E-state index in [1.807, 2.05) is 24.3 Å². The fourth-order valence-electron chi connectivity index (χ4n) is 6.45. The van der Waals surface area contributed by atoms with Crippen molar-refractivity contribution in [3.05, 3.63) is 41.6 Å². The Morgan fingerprint density at radius 3 is 2.33 bits per heavy atom. The van der Waals surface area contributed by atoms with Gasteiger partial charge in [-0.15, -0.1) is 0 Å². The Morgan fingerprint density at radius 2 is 1.80 bits per heavy atom. The second-order valence-electron chi connectivity index (χ2n) is 9.69. The largest absolute Gasteiger partial charge is 0.497 e. The molecule has 4 aliphatic carbocycles. The highest BCUT2D eigenvalue weighted by molar-refractivity contribution is 5.97. The van der Waals surface area contributed by atoms with Crippen molar-refractivity contribution in [3.63, 3.8) is 0 Å². The van der Waals surface area contributed by atoms with E-state index in [2.05, 4.69) is 23.6 Å². The number of benzene rings is 1. The Hall–Kier alpha value is -2.48. The SMILES string of the molecule is COc1ccc(CCNC(=O)/C(C#N)=C\NC(C)C23CC4CC(CC(C4)C2)C3)cc1. The van der Waals surface area contributed by atoms with Gasteiger partial charge in [0, 0.05) is 18.8 Å². The minimum absolute atomic E-state index is 0.154. The van der Waals surface area contributed by atoms with Crippen LogP contribution in [0.25, 0.3) is 0 Å². The molecule has 0 aliphatic heterocycles. The lowest BCUT2D eigenvalue weighted by molar-refractivity contribution is -0.117. The topological polar surface area (TPSA) is 74.1 Å². The first kappa shape index (κ1) is 20.8. The molecule has 4 fully saturated rings. The number of carbonyl (C=O) groups is 1. The van der Waals surface area contributed by atoms with Crippen LogP contribution in [0, 0.1) is 34.5 Å². The molecule has 4 bridgehead atoms. The summed E-state index contributed by atoms with van der Waals surface area (Å²) in [5, 5.41) is 15.8. The quantitative estimate of drug-likeness (QED) is 0.505. The number of carbonyl (C=O) groups excluding carboxylic acids is 1. The van der Waals surface area contributed by atoms with E-state index in [9.17, 15) is 10.1 Å². The third-order valence-corrected chi connectivity index (χ3v) is 7.71. The van der Waals surface area contributed by atoms with Crippen LogP contribution in [-0.2, 0) is 11.2 Å². The molecular weight excluding hydrogens is 374 g/mol. The van der Waals surface area contributed by atoms with Crippen LogP contribution in [0.4, 0.5) is 0 Å². The van der Waals surface area contributed by atoms with Crippen LogP contribution in [0.15, 0.2) is 36.0 Å². The predicted octanol–water partition coefficient (Wildman–Crippen LogP) is 3.96. The molecule has 0 spiro atoms. The van der Waals surface area contributed by atoms with Gasteiger partial charge in [-0.25, -0.2) is 0 Å². The molecule has 160 valence electrons. The monoisotopic (exact) mass is 407 g/mol. The molecule has 0 radical (unpaired) electrons. The zero-order chi connectivity index (χ0) is 21.1. The number of rotatable bonds is 8. The highest BCUT2D eigenvalue weighted by atomic mass is 16.5. The Kier molecular flexibility index (Phi) is 6.04. The van der Waals surface area contributed by atoms with E-state index in [1.54, 1.807) is 13.3 Å². The van der Waals surface area contributed by atoms with Crippen LogP contribution >= 0.6 is 0 Å². The zero-order valence-electron chi connectivity index (χ0n) is 18.1. The van der Waals surface area contributed by atoms with Crippen molar-refractivity contribution in [1.82, 2.24) is 10.6 Å². The molecule has 0 aromatic heterocycles. The minimum Gasteiger partial charge on any atom is -0.497 e. The number of amides is 1. The molecule has 1 aromatic rings. The summed E-state index contributed by atoms with van der Waals surface area (Å²) in [4.78, 5) is 12.5. The molecule has 4 saturated carbocycles. The van der Waals surface area contributed by atoms with Gasteiger partial charge in [0.1, 0.15) is 17.4 Å². The van der Waals surface area contributed by atoms with Gasteiger partial charge in [0.2, 0.25) is 0 Å². The number of nitrogens with one attached hydrogen (secondary N) is 2. The Bertz CT molecular complexity index is 802. The Balaban J connectivity index is 1.29. The highest BCUT2D eigenvalue weighted by Crippen LogP contribution is 2.61. The van der Waals surface area contributed by atoms with Gasteiger partial charge in [-0.1, -0.05) is 12.1 Å². The van der Waals surface area contributed by atoms with E-state index in [-0.39, 0.29) is 11.5 Å². The van der Waals surface area contributed by atoms with Gasteiger partial charge >= 0.3 is 0 Å². The van der Waals surface area contributed by atoms with Crippen molar-refractivity contribution in [3.8, 4) is 11.8 Å². The van der Waals surface area contributed by atoms with Crippen molar-refractivity contribution in [1.29, 1.82) is 5.26 Å². The van der Waals surface area contributed by atoms with Gasteiger partial charge in [0.15, 0.2) is 0 Å². The zero-order valence-corrected chi connectivity index (χ0v) is 18.1. The Morgan fingerprint density at radius 1 is 1.20 bits per heavy atom. The summed E-state index contributed by atoms with van der Waals surface area (Å²) in [6.07, 6.45) is 10.5. The molecule has 30 heavy (non-hydrogen) atoms. The maximum absolute atomic E-state index is 12.5. The van der Waals surface area contributed by atoms with Crippen LogP contribution < -0.4 is 15.4 Å². The summed E-state index contributed by atoms with van der Waals surface area (Å²) >= 11 is 0. The summed E-state index contributed by atoms with van der Waals surface area (Å²) < 4.78 is 5.16. The van der Waals surface area contributed by atoms with Crippen LogP contribution in [0.5, 0.6) is 5.75 Å². The van der Waals surface area contributed by atoms with Gasteiger partial charge < -0.3 is 15.4 Å². The van der Waals surface area contributed by atoms with Crippen LogP contribution in [0.1, 0.15) is 51.0 Å². The van der Waals surface area contributed by atoms with Crippen LogP contribution in [0.3, 0.4) is 0 Å². The van der Waals surface area contributed by atoms with E-state index in [0.29, 0.717) is 24.4 Å². The van der Waals surface area contributed by atoms with Gasteiger partial charge in [-0.3, -0.25) is 4.79 Å². The molecule has 0 saturated heterocycles. The highest BCUT2D eigenvalue weighted by Gasteiger charge is 2.52. The van der Waals surface area contributed by atoms with Crippen LogP contribution in [-0.4, -0.2) is 25.6 Å². The van der Waals surface area contributed by atoms with Gasteiger partial charge in [-0.2, -0.15) is 5.26 Å². The van der Waals surface area contributed by atoms with Crippen LogP contribution in [0.2, 0.25) is 0 Å². The standard InChI is InChI=1S/C25H33N3O2/c1-17(25-12-19-9-20(13-25)11-21(10-19)14-25)28-16-22(15-26)24(29)27-8-7-18-3-5-23(30-2)6-4-18/h3-6,16-17,19-21,28H,7-14H2,1-2H3,(H,27,29)/b22-16-. The average molecular weight is 408 g/mol. The van der Waals surface area contributed by atoms with Crippen molar-refractivity contribution in [2.24, 2.45) is 23.2 Å². The maximum Gasteiger partial charge on any atom is 0.263 e. The van der Waals surface area contributed by atoms with Crippen molar-refractivity contribution in [2.45, 2.75) is 57.9 Å². The molecule has 5 nitrogen and oxygen atoms in total. The summed E-state index contributed by atoms with van der Waals surface area (Å²) in [6.45, 7) is 2.73.